The molecule has 2 fully saturated rings. The summed E-state index contributed by atoms with van der Waals surface area (Å²) in [7, 11) is 1.95. The lowest BCUT2D eigenvalue weighted by atomic mass is 10.0. The number of aliphatic imine (C=N–C) groups is 1. The molecule has 0 radical (unpaired) electrons. The molecule has 32 heavy (non-hydrogen) atoms. The Bertz CT molecular complexity index is 872. The Morgan fingerprint density at radius 2 is 1.97 bits per heavy atom. The lowest BCUT2D eigenvalue weighted by molar-refractivity contribution is -0.384. The number of benzene rings is 1. The molecule has 1 aromatic rings. The fourth-order valence-electron chi connectivity index (χ4n) is 3.92. The summed E-state index contributed by atoms with van der Waals surface area (Å²) in [6.07, 6.45) is 1.32. The zero-order valence-corrected chi connectivity index (χ0v) is 18.7. The van der Waals surface area contributed by atoms with Crippen LogP contribution in [0.15, 0.2) is 29.3 Å². The van der Waals surface area contributed by atoms with E-state index in [1.165, 1.54) is 24.3 Å². The van der Waals surface area contributed by atoms with Crippen molar-refractivity contribution in [3.8, 4) is 0 Å². The third kappa shape index (κ3) is 6.33. The molecule has 2 aliphatic heterocycles. The molecule has 0 saturated carbocycles. The number of likely N-dealkylation sites (N-methyl/N-ethyl adjacent to an activating group) is 1. The summed E-state index contributed by atoms with van der Waals surface area (Å²) in [4.78, 5) is 43.1. The van der Waals surface area contributed by atoms with Gasteiger partial charge in [0, 0.05) is 37.0 Å². The molecule has 2 atom stereocenters. The van der Waals surface area contributed by atoms with Gasteiger partial charge in [0.15, 0.2) is 5.96 Å². The number of nitrogens with zero attached hydrogens (tertiary/aromatic N) is 4. The third-order valence-electron chi connectivity index (χ3n) is 5.66. The normalized spacial score (nSPS) is 22.6. The van der Waals surface area contributed by atoms with E-state index in [0.29, 0.717) is 31.5 Å². The van der Waals surface area contributed by atoms with Crippen molar-refractivity contribution in [3.05, 3.63) is 39.9 Å². The lowest BCUT2D eigenvalue weighted by Crippen LogP contribution is -2.48. The summed E-state index contributed by atoms with van der Waals surface area (Å²) in [5, 5.41) is 13.3. The molecule has 0 bridgehead atoms. The molecule has 0 aromatic heterocycles. The molecule has 1 aromatic carbocycles. The minimum absolute atomic E-state index is 0.0384. The number of hydrogen-bond donors (Lipinski definition) is 3. The molecule has 0 unspecified atom stereocenters. The Morgan fingerprint density at radius 1 is 1.31 bits per heavy atom. The van der Waals surface area contributed by atoms with Gasteiger partial charge in [0.05, 0.1) is 17.0 Å². The molecular weight excluding hydrogens is 436 g/mol. The number of carbonyl (C=O) groups is 2. The number of nitrogens with two attached hydrogens (primary N) is 1. The van der Waals surface area contributed by atoms with Gasteiger partial charge in [-0.2, -0.15) is 12.6 Å². The van der Waals surface area contributed by atoms with Crippen LogP contribution in [0.5, 0.6) is 0 Å². The van der Waals surface area contributed by atoms with E-state index < -0.39 is 11.0 Å². The zero-order valence-electron chi connectivity index (χ0n) is 17.8. The molecular formula is C20H28N6O5S. The number of nitro benzene ring substituents is 1. The summed E-state index contributed by atoms with van der Waals surface area (Å²) in [5.41, 5.74) is 6.39. The van der Waals surface area contributed by atoms with Gasteiger partial charge < -0.3 is 15.4 Å². The topological polar surface area (TPSA) is 143 Å². The number of amides is 2. The number of ether oxygens (including phenoxy) is 1. The predicted octanol–water partition coefficient (Wildman–Crippen LogP) is 1.13. The van der Waals surface area contributed by atoms with Crippen molar-refractivity contribution in [2.75, 3.05) is 26.7 Å². The van der Waals surface area contributed by atoms with Crippen molar-refractivity contribution in [2.45, 2.75) is 43.2 Å². The van der Waals surface area contributed by atoms with Gasteiger partial charge in [-0.15, -0.1) is 0 Å². The molecule has 2 saturated heterocycles. The van der Waals surface area contributed by atoms with Crippen molar-refractivity contribution in [1.29, 1.82) is 0 Å². The van der Waals surface area contributed by atoms with Gasteiger partial charge in [-0.3, -0.25) is 25.1 Å². The van der Waals surface area contributed by atoms with Crippen molar-refractivity contribution < 1.29 is 19.2 Å². The standard InChI is InChI=1S/C20H28N6O5S/c1-24-11-16(32)10-17(24)18(27)25-8-6-14(7-9-25)22-19(21)23-20(28)31-12-13-2-4-15(5-3-13)26(29)30/h2-5,14,16-17,32H,6-12H2,1H3,(H3,21,22,23,28)/t16-,17-/m0/s1. The van der Waals surface area contributed by atoms with Gasteiger partial charge in [-0.05, 0) is 44.0 Å². The van der Waals surface area contributed by atoms with E-state index in [1.807, 2.05) is 11.9 Å². The first-order valence-corrected chi connectivity index (χ1v) is 10.9. The maximum absolute atomic E-state index is 12.8. The number of non-ortho nitro benzene ring substituents is 1. The second kappa shape index (κ2) is 10.6. The number of likely N-dealkylation sites (tertiary alicyclic amines) is 2. The van der Waals surface area contributed by atoms with E-state index in [1.54, 1.807) is 0 Å². The molecule has 3 rings (SSSR count). The Hall–Kier alpha value is -2.86. The third-order valence-corrected chi connectivity index (χ3v) is 6.03. The Morgan fingerprint density at radius 3 is 2.53 bits per heavy atom. The first-order chi connectivity index (χ1) is 15.2. The smallest absolute Gasteiger partial charge is 0.414 e. The van der Waals surface area contributed by atoms with Crippen LogP contribution in [0.2, 0.25) is 0 Å². The van der Waals surface area contributed by atoms with Gasteiger partial charge in [0.1, 0.15) is 6.61 Å². The predicted molar refractivity (Wildman–Crippen MR) is 121 cm³/mol. The number of hydrogen-bond acceptors (Lipinski definition) is 8. The highest BCUT2D eigenvalue weighted by molar-refractivity contribution is 7.81. The maximum atomic E-state index is 12.8. The molecule has 0 spiro atoms. The minimum Gasteiger partial charge on any atom is -0.444 e. The number of alkyl carbamates (subject to hydrolysis) is 1. The summed E-state index contributed by atoms with van der Waals surface area (Å²) >= 11 is 4.48. The summed E-state index contributed by atoms with van der Waals surface area (Å²) in [6, 6.07) is 5.49. The van der Waals surface area contributed by atoms with Crippen molar-refractivity contribution in [2.24, 2.45) is 10.7 Å². The van der Waals surface area contributed by atoms with E-state index in [9.17, 15) is 19.7 Å². The average Bonchev–Trinajstić information content (AvgIpc) is 3.10. The molecule has 2 aliphatic rings. The summed E-state index contributed by atoms with van der Waals surface area (Å²) in [5.74, 6) is 0.0873. The molecule has 0 aliphatic carbocycles. The van der Waals surface area contributed by atoms with Crippen LogP contribution in [0.3, 0.4) is 0 Å². The van der Waals surface area contributed by atoms with Gasteiger partial charge in [-0.1, -0.05) is 0 Å². The number of thiol groups is 1. The van der Waals surface area contributed by atoms with Gasteiger partial charge >= 0.3 is 6.09 Å². The largest absolute Gasteiger partial charge is 0.444 e. The minimum atomic E-state index is -0.761. The highest BCUT2D eigenvalue weighted by atomic mass is 32.1. The maximum Gasteiger partial charge on any atom is 0.414 e. The van der Waals surface area contributed by atoms with E-state index in [4.69, 9.17) is 10.5 Å². The van der Waals surface area contributed by atoms with Crippen LogP contribution in [0.25, 0.3) is 0 Å². The number of nitro groups is 1. The number of piperidine rings is 1. The number of guanidine groups is 1. The molecule has 12 heteroatoms. The fraction of sp³-hybridized carbons (Fsp3) is 0.550. The van der Waals surface area contributed by atoms with Crippen LogP contribution in [-0.4, -0.2) is 76.7 Å². The van der Waals surface area contributed by atoms with Crippen molar-refractivity contribution in [3.63, 3.8) is 0 Å². The Balaban J connectivity index is 1.41. The van der Waals surface area contributed by atoms with Gasteiger partial charge in [0.2, 0.25) is 5.91 Å². The summed E-state index contributed by atoms with van der Waals surface area (Å²) in [6.45, 7) is 1.93. The van der Waals surface area contributed by atoms with Gasteiger partial charge in [0.25, 0.3) is 5.69 Å². The fourth-order valence-corrected chi connectivity index (χ4v) is 4.38. The highest BCUT2D eigenvalue weighted by Crippen LogP contribution is 2.23. The first-order valence-electron chi connectivity index (χ1n) is 10.4. The molecule has 11 nitrogen and oxygen atoms in total. The van der Waals surface area contributed by atoms with Crippen LogP contribution in [0.1, 0.15) is 24.8 Å². The van der Waals surface area contributed by atoms with E-state index in [-0.39, 0.29) is 41.5 Å². The number of nitrogens with one attached hydrogen (secondary N) is 1. The van der Waals surface area contributed by atoms with Crippen LogP contribution < -0.4 is 11.1 Å². The SMILES string of the molecule is CN1C[C@@H](S)C[C@H]1C(=O)N1CCC(N=C(N)NC(=O)OCc2ccc([N+](=O)[O-])cc2)CC1. The van der Waals surface area contributed by atoms with Crippen molar-refractivity contribution in [1.82, 2.24) is 15.1 Å². The zero-order chi connectivity index (χ0) is 23.3. The van der Waals surface area contributed by atoms with E-state index in [2.05, 4.69) is 27.8 Å². The number of rotatable bonds is 5. The molecule has 2 heterocycles. The first kappa shape index (κ1) is 23.8. The second-order valence-corrected chi connectivity index (χ2v) is 8.77. The van der Waals surface area contributed by atoms with E-state index in [0.717, 1.165) is 13.0 Å². The summed E-state index contributed by atoms with van der Waals surface area (Å²) < 4.78 is 5.07. The van der Waals surface area contributed by atoms with E-state index >= 15 is 0 Å². The molecule has 3 N–H and O–H groups in total. The highest BCUT2D eigenvalue weighted by Gasteiger charge is 2.36. The monoisotopic (exact) mass is 464 g/mol. The Kier molecular flexibility index (Phi) is 7.91. The number of carbonyl (C=O) groups excluding carboxylic acids is 2. The van der Waals surface area contributed by atoms with Crippen LogP contribution >= 0.6 is 12.6 Å². The second-order valence-electron chi connectivity index (χ2n) is 8.04. The van der Waals surface area contributed by atoms with Gasteiger partial charge in [-0.25, -0.2) is 9.79 Å². The lowest BCUT2D eigenvalue weighted by Gasteiger charge is -2.33. The quantitative estimate of drug-likeness (QED) is 0.195. The molecule has 174 valence electrons. The van der Waals surface area contributed by atoms with Crippen LogP contribution in [0.4, 0.5) is 10.5 Å². The molecule has 2 amide bonds. The Labute approximate surface area is 191 Å². The van der Waals surface area contributed by atoms with Crippen LogP contribution in [-0.2, 0) is 16.1 Å². The van der Waals surface area contributed by atoms with Crippen molar-refractivity contribution >= 4 is 36.3 Å². The average molecular weight is 465 g/mol. The van der Waals surface area contributed by atoms with Crippen LogP contribution in [0, 0.1) is 10.1 Å².